The summed E-state index contributed by atoms with van der Waals surface area (Å²) in [6.07, 6.45) is 2.89. The SMILES string of the molecule is Cn1cnnc1[C@H]1CN(CCc2cccs2)CCO1. The summed E-state index contributed by atoms with van der Waals surface area (Å²) in [5, 5.41) is 10.2. The van der Waals surface area contributed by atoms with E-state index in [0.29, 0.717) is 0 Å². The Labute approximate surface area is 116 Å². The summed E-state index contributed by atoms with van der Waals surface area (Å²) in [5.74, 6) is 0.917. The van der Waals surface area contributed by atoms with Gasteiger partial charge in [0.2, 0.25) is 0 Å². The average molecular weight is 278 g/mol. The van der Waals surface area contributed by atoms with Gasteiger partial charge < -0.3 is 9.30 Å². The molecule has 0 spiro atoms. The van der Waals surface area contributed by atoms with Crippen molar-refractivity contribution >= 4 is 11.3 Å². The van der Waals surface area contributed by atoms with E-state index in [9.17, 15) is 0 Å². The Kier molecular flexibility index (Phi) is 3.91. The number of morpholine rings is 1. The minimum Gasteiger partial charge on any atom is -0.368 e. The zero-order valence-corrected chi connectivity index (χ0v) is 11.8. The Balaban J connectivity index is 1.57. The van der Waals surface area contributed by atoms with Gasteiger partial charge in [0.05, 0.1) is 6.61 Å². The third-order valence-corrected chi connectivity index (χ3v) is 4.38. The summed E-state index contributed by atoms with van der Waals surface area (Å²) in [4.78, 5) is 3.89. The molecule has 6 heteroatoms. The number of rotatable bonds is 4. The molecule has 2 aromatic rings. The second-order valence-electron chi connectivity index (χ2n) is 4.79. The molecule has 3 heterocycles. The van der Waals surface area contributed by atoms with Crippen molar-refractivity contribution in [3.63, 3.8) is 0 Å². The molecule has 0 aliphatic carbocycles. The number of hydrogen-bond acceptors (Lipinski definition) is 5. The molecule has 1 aliphatic rings. The van der Waals surface area contributed by atoms with Crippen LogP contribution in [0.2, 0.25) is 0 Å². The highest BCUT2D eigenvalue weighted by atomic mass is 32.1. The number of aryl methyl sites for hydroxylation is 1. The van der Waals surface area contributed by atoms with Gasteiger partial charge in [0.15, 0.2) is 5.82 Å². The molecule has 1 fully saturated rings. The van der Waals surface area contributed by atoms with Crippen molar-refractivity contribution in [1.29, 1.82) is 0 Å². The van der Waals surface area contributed by atoms with Crippen molar-refractivity contribution in [2.45, 2.75) is 12.5 Å². The summed E-state index contributed by atoms with van der Waals surface area (Å²) in [7, 11) is 1.96. The maximum atomic E-state index is 5.81. The van der Waals surface area contributed by atoms with Crippen LogP contribution in [0.1, 0.15) is 16.8 Å². The van der Waals surface area contributed by atoms with Crippen LogP contribution in [0.4, 0.5) is 0 Å². The third kappa shape index (κ3) is 3.02. The van der Waals surface area contributed by atoms with E-state index in [1.807, 2.05) is 23.0 Å². The van der Waals surface area contributed by atoms with Crippen molar-refractivity contribution in [2.24, 2.45) is 7.05 Å². The molecule has 1 atom stereocenters. The minimum absolute atomic E-state index is 0.0459. The standard InChI is InChI=1S/C13H18N4OS/c1-16-10-14-15-13(16)12-9-17(6-7-18-12)5-4-11-3-2-8-19-11/h2-3,8,10,12H,4-7,9H2,1H3/t12-/m1/s1. The molecule has 102 valence electrons. The fourth-order valence-electron chi connectivity index (χ4n) is 2.37. The predicted molar refractivity (Wildman–Crippen MR) is 74.2 cm³/mol. The van der Waals surface area contributed by atoms with Gasteiger partial charge >= 0.3 is 0 Å². The second-order valence-corrected chi connectivity index (χ2v) is 5.82. The smallest absolute Gasteiger partial charge is 0.163 e. The number of hydrogen-bond donors (Lipinski definition) is 0. The largest absolute Gasteiger partial charge is 0.368 e. The maximum Gasteiger partial charge on any atom is 0.163 e. The summed E-state index contributed by atoms with van der Waals surface area (Å²) in [6, 6.07) is 4.31. The molecule has 5 nitrogen and oxygen atoms in total. The predicted octanol–water partition coefficient (Wildman–Crippen LogP) is 1.49. The van der Waals surface area contributed by atoms with Crippen LogP contribution in [0.15, 0.2) is 23.8 Å². The summed E-state index contributed by atoms with van der Waals surface area (Å²) in [6.45, 7) is 3.75. The molecule has 2 aromatic heterocycles. The van der Waals surface area contributed by atoms with Crippen LogP contribution in [0.5, 0.6) is 0 Å². The van der Waals surface area contributed by atoms with Gasteiger partial charge in [-0.3, -0.25) is 4.90 Å². The highest BCUT2D eigenvalue weighted by molar-refractivity contribution is 7.09. The number of aromatic nitrogens is 3. The summed E-state index contributed by atoms with van der Waals surface area (Å²) in [5.41, 5.74) is 0. The second kappa shape index (κ2) is 5.81. The quantitative estimate of drug-likeness (QED) is 0.850. The molecule has 3 rings (SSSR count). The van der Waals surface area contributed by atoms with Crippen LogP contribution in [0, 0.1) is 0 Å². The number of ether oxygens (including phenoxy) is 1. The van der Waals surface area contributed by atoms with E-state index in [1.165, 1.54) is 4.88 Å². The lowest BCUT2D eigenvalue weighted by Crippen LogP contribution is -2.40. The molecule has 0 aromatic carbocycles. The molecule has 0 amide bonds. The van der Waals surface area contributed by atoms with E-state index in [-0.39, 0.29) is 6.10 Å². The van der Waals surface area contributed by atoms with E-state index in [0.717, 1.165) is 38.5 Å². The zero-order chi connectivity index (χ0) is 13.1. The Bertz CT molecular complexity index is 510. The Morgan fingerprint density at radius 3 is 3.21 bits per heavy atom. The Hall–Kier alpha value is -1.24. The van der Waals surface area contributed by atoms with Crippen LogP contribution >= 0.6 is 11.3 Å². The van der Waals surface area contributed by atoms with E-state index < -0.39 is 0 Å². The van der Waals surface area contributed by atoms with Crippen LogP contribution < -0.4 is 0 Å². The minimum atomic E-state index is 0.0459. The van der Waals surface area contributed by atoms with Crippen LogP contribution in [0.3, 0.4) is 0 Å². The molecule has 0 radical (unpaired) electrons. The van der Waals surface area contributed by atoms with E-state index >= 15 is 0 Å². The van der Waals surface area contributed by atoms with E-state index in [2.05, 4.69) is 32.6 Å². The fourth-order valence-corrected chi connectivity index (χ4v) is 3.07. The molecule has 1 saturated heterocycles. The monoisotopic (exact) mass is 278 g/mol. The van der Waals surface area contributed by atoms with Gasteiger partial charge in [0.1, 0.15) is 12.4 Å². The first-order valence-corrected chi connectivity index (χ1v) is 7.41. The highest BCUT2D eigenvalue weighted by Crippen LogP contribution is 2.20. The van der Waals surface area contributed by atoms with Gasteiger partial charge in [-0.25, -0.2) is 0 Å². The van der Waals surface area contributed by atoms with Crippen LogP contribution in [0.25, 0.3) is 0 Å². The topological polar surface area (TPSA) is 43.2 Å². The molecular weight excluding hydrogens is 260 g/mol. The lowest BCUT2D eigenvalue weighted by Gasteiger charge is -2.32. The van der Waals surface area contributed by atoms with Gasteiger partial charge in [0, 0.05) is 31.6 Å². The normalized spacial score (nSPS) is 20.8. The van der Waals surface area contributed by atoms with Gasteiger partial charge in [-0.15, -0.1) is 21.5 Å². The fraction of sp³-hybridized carbons (Fsp3) is 0.538. The first-order valence-electron chi connectivity index (χ1n) is 6.53. The third-order valence-electron chi connectivity index (χ3n) is 3.44. The molecule has 0 unspecified atom stereocenters. The first kappa shape index (κ1) is 12.8. The lowest BCUT2D eigenvalue weighted by atomic mass is 10.2. The molecular formula is C13H18N4OS. The van der Waals surface area contributed by atoms with Gasteiger partial charge in [-0.05, 0) is 17.9 Å². The zero-order valence-electron chi connectivity index (χ0n) is 11.0. The van der Waals surface area contributed by atoms with Crippen molar-refractivity contribution < 1.29 is 4.74 Å². The first-order chi connectivity index (χ1) is 9.33. The molecule has 1 aliphatic heterocycles. The molecule has 0 saturated carbocycles. The van der Waals surface area contributed by atoms with Crippen molar-refractivity contribution in [2.75, 3.05) is 26.2 Å². The van der Waals surface area contributed by atoms with Crippen LogP contribution in [-0.4, -0.2) is 45.9 Å². The van der Waals surface area contributed by atoms with Crippen LogP contribution in [-0.2, 0) is 18.2 Å². The average Bonchev–Trinajstić information content (AvgIpc) is 3.08. The number of nitrogens with zero attached hydrogens (tertiary/aromatic N) is 4. The summed E-state index contributed by atoms with van der Waals surface area (Å²) >= 11 is 1.83. The Morgan fingerprint density at radius 1 is 1.53 bits per heavy atom. The molecule has 0 bridgehead atoms. The maximum absolute atomic E-state index is 5.81. The highest BCUT2D eigenvalue weighted by Gasteiger charge is 2.25. The van der Waals surface area contributed by atoms with E-state index in [4.69, 9.17) is 4.74 Å². The molecule has 0 N–H and O–H groups in total. The Morgan fingerprint density at radius 2 is 2.47 bits per heavy atom. The van der Waals surface area contributed by atoms with Gasteiger partial charge in [-0.1, -0.05) is 6.07 Å². The van der Waals surface area contributed by atoms with Crippen molar-refractivity contribution in [3.05, 3.63) is 34.5 Å². The van der Waals surface area contributed by atoms with Crippen molar-refractivity contribution in [1.82, 2.24) is 19.7 Å². The molecule has 19 heavy (non-hydrogen) atoms. The van der Waals surface area contributed by atoms with Gasteiger partial charge in [0.25, 0.3) is 0 Å². The number of thiophene rings is 1. The lowest BCUT2D eigenvalue weighted by molar-refractivity contribution is -0.0352. The van der Waals surface area contributed by atoms with E-state index in [1.54, 1.807) is 6.33 Å². The van der Waals surface area contributed by atoms with Crippen molar-refractivity contribution in [3.8, 4) is 0 Å². The summed E-state index contributed by atoms with van der Waals surface area (Å²) < 4.78 is 7.75. The van der Waals surface area contributed by atoms with Gasteiger partial charge in [-0.2, -0.15) is 0 Å².